The molecule has 0 aliphatic carbocycles. The molecule has 0 saturated carbocycles. The maximum Gasteiger partial charge on any atom is 0.293 e. The van der Waals surface area contributed by atoms with E-state index in [-0.39, 0.29) is 5.91 Å². The number of anilines is 1. The van der Waals surface area contributed by atoms with Gasteiger partial charge in [-0.2, -0.15) is 0 Å². The lowest BCUT2D eigenvalue weighted by Crippen LogP contribution is -2.16. The van der Waals surface area contributed by atoms with Gasteiger partial charge >= 0.3 is 0 Å². The molecule has 0 bridgehead atoms. The SMILES string of the molecule is COc1ccc(OC)c2sc(NC(=O)c3nccn3C)nc12. The van der Waals surface area contributed by atoms with Crippen molar-refractivity contribution >= 4 is 32.6 Å². The minimum Gasteiger partial charge on any atom is -0.495 e. The molecule has 0 fully saturated rings. The molecule has 1 N–H and O–H groups in total. The zero-order valence-corrected chi connectivity index (χ0v) is 13.1. The zero-order chi connectivity index (χ0) is 15.7. The van der Waals surface area contributed by atoms with E-state index < -0.39 is 0 Å². The number of benzene rings is 1. The number of carbonyl (C=O) groups is 1. The first-order valence-electron chi connectivity index (χ1n) is 6.44. The molecule has 8 heteroatoms. The lowest BCUT2D eigenvalue weighted by atomic mass is 10.3. The molecule has 0 saturated heterocycles. The topological polar surface area (TPSA) is 78.3 Å². The van der Waals surface area contributed by atoms with E-state index in [0.717, 1.165) is 4.70 Å². The molecule has 3 aromatic rings. The van der Waals surface area contributed by atoms with Crippen LogP contribution in [0.15, 0.2) is 24.5 Å². The Morgan fingerprint density at radius 3 is 2.64 bits per heavy atom. The molecule has 0 unspecified atom stereocenters. The van der Waals surface area contributed by atoms with E-state index in [1.807, 2.05) is 6.07 Å². The fourth-order valence-corrected chi connectivity index (χ4v) is 3.05. The van der Waals surface area contributed by atoms with Crippen LogP contribution in [0.25, 0.3) is 10.2 Å². The number of methoxy groups -OCH3 is 2. The van der Waals surface area contributed by atoms with E-state index in [1.54, 1.807) is 44.3 Å². The van der Waals surface area contributed by atoms with Crippen molar-refractivity contribution in [1.82, 2.24) is 14.5 Å². The van der Waals surface area contributed by atoms with E-state index in [9.17, 15) is 4.79 Å². The van der Waals surface area contributed by atoms with E-state index >= 15 is 0 Å². The summed E-state index contributed by atoms with van der Waals surface area (Å²) in [5.41, 5.74) is 0.655. The molecule has 3 rings (SSSR count). The maximum atomic E-state index is 12.2. The predicted molar refractivity (Wildman–Crippen MR) is 83.9 cm³/mol. The zero-order valence-electron chi connectivity index (χ0n) is 12.3. The predicted octanol–water partition coefficient (Wildman–Crippen LogP) is 2.30. The second-order valence-corrected chi connectivity index (χ2v) is 5.48. The molecule has 1 aromatic carbocycles. The minimum atomic E-state index is -0.315. The summed E-state index contributed by atoms with van der Waals surface area (Å²) < 4.78 is 13.1. The fourth-order valence-electron chi connectivity index (χ4n) is 2.08. The number of nitrogens with zero attached hydrogens (tertiary/aromatic N) is 3. The van der Waals surface area contributed by atoms with Gasteiger partial charge in [0.15, 0.2) is 11.0 Å². The second kappa shape index (κ2) is 5.64. The molecule has 22 heavy (non-hydrogen) atoms. The number of hydrogen-bond donors (Lipinski definition) is 1. The largest absolute Gasteiger partial charge is 0.495 e. The van der Waals surface area contributed by atoms with Crippen LogP contribution in [0.2, 0.25) is 0 Å². The molecular formula is C14H14N4O3S. The minimum absolute atomic E-state index is 0.315. The van der Waals surface area contributed by atoms with Crippen LogP contribution in [-0.4, -0.2) is 34.7 Å². The van der Waals surface area contributed by atoms with E-state index in [0.29, 0.717) is 28.0 Å². The molecule has 0 aliphatic rings. The highest BCUT2D eigenvalue weighted by molar-refractivity contribution is 7.22. The smallest absolute Gasteiger partial charge is 0.293 e. The van der Waals surface area contributed by atoms with Crippen LogP contribution in [0.3, 0.4) is 0 Å². The van der Waals surface area contributed by atoms with E-state index in [1.165, 1.54) is 11.3 Å². The first kappa shape index (κ1) is 14.3. The van der Waals surface area contributed by atoms with Gasteiger partial charge in [0.05, 0.1) is 14.2 Å². The molecule has 7 nitrogen and oxygen atoms in total. The second-order valence-electron chi connectivity index (χ2n) is 4.48. The molecule has 0 atom stereocenters. The summed E-state index contributed by atoms with van der Waals surface area (Å²) >= 11 is 1.32. The van der Waals surface area contributed by atoms with E-state index in [4.69, 9.17) is 9.47 Å². The van der Waals surface area contributed by atoms with Gasteiger partial charge in [-0.05, 0) is 12.1 Å². The molecule has 114 valence electrons. The quantitative estimate of drug-likeness (QED) is 0.798. The summed E-state index contributed by atoms with van der Waals surface area (Å²) in [7, 11) is 4.92. The van der Waals surface area contributed by atoms with Gasteiger partial charge in [0, 0.05) is 19.4 Å². The van der Waals surface area contributed by atoms with Crippen molar-refractivity contribution in [3.05, 3.63) is 30.4 Å². The van der Waals surface area contributed by atoms with Crippen LogP contribution < -0.4 is 14.8 Å². The van der Waals surface area contributed by atoms with Crippen LogP contribution in [0.1, 0.15) is 10.6 Å². The number of rotatable bonds is 4. The lowest BCUT2D eigenvalue weighted by Gasteiger charge is -2.03. The third-order valence-corrected chi connectivity index (χ3v) is 4.14. The van der Waals surface area contributed by atoms with Crippen LogP contribution in [0.4, 0.5) is 5.13 Å². The van der Waals surface area contributed by atoms with Crippen LogP contribution in [0, 0.1) is 0 Å². The third kappa shape index (κ3) is 2.37. The fraction of sp³-hybridized carbons (Fsp3) is 0.214. The molecule has 0 spiro atoms. The van der Waals surface area contributed by atoms with Gasteiger partial charge in [-0.15, -0.1) is 0 Å². The normalized spacial score (nSPS) is 10.7. The number of hydrogen-bond acceptors (Lipinski definition) is 6. The summed E-state index contributed by atoms with van der Waals surface area (Å²) in [6.45, 7) is 0. The van der Waals surface area contributed by atoms with Gasteiger partial charge in [-0.1, -0.05) is 11.3 Å². The monoisotopic (exact) mass is 318 g/mol. The Morgan fingerprint density at radius 1 is 1.27 bits per heavy atom. The molecule has 2 aromatic heterocycles. The number of aryl methyl sites for hydroxylation is 1. The summed E-state index contributed by atoms with van der Waals surface area (Å²) in [5, 5.41) is 3.21. The number of nitrogens with one attached hydrogen (secondary N) is 1. The summed E-state index contributed by atoms with van der Waals surface area (Å²) in [6, 6.07) is 3.59. The number of thiazole rings is 1. The van der Waals surface area contributed by atoms with Gasteiger partial charge in [0.1, 0.15) is 21.7 Å². The van der Waals surface area contributed by atoms with Crippen LogP contribution in [0.5, 0.6) is 11.5 Å². The van der Waals surface area contributed by atoms with Crippen molar-refractivity contribution in [2.45, 2.75) is 0 Å². The van der Waals surface area contributed by atoms with Gasteiger partial charge in [0.25, 0.3) is 5.91 Å². The van der Waals surface area contributed by atoms with Crippen molar-refractivity contribution in [3.8, 4) is 11.5 Å². The number of carbonyl (C=O) groups excluding carboxylic acids is 1. The van der Waals surface area contributed by atoms with Crippen molar-refractivity contribution in [2.75, 3.05) is 19.5 Å². The number of ether oxygens (including phenoxy) is 2. The third-order valence-electron chi connectivity index (χ3n) is 3.15. The lowest BCUT2D eigenvalue weighted by molar-refractivity contribution is 0.101. The van der Waals surface area contributed by atoms with Crippen molar-refractivity contribution in [1.29, 1.82) is 0 Å². The highest BCUT2D eigenvalue weighted by Crippen LogP contribution is 2.38. The Morgan fingerprint density at radius 2 is 2.00 bits per heavy atom. The average molecular weight is 318 g/mol. The standard InChI is InChI=1S/C14H14N4O3S/c1-18-7-6-15-12(18)13(19)17-14-16-10-8(20-2)4-5-9(21-3)11(10)22-14/h4-7H,1-3H3,(H,16,17,19). The number of aromatic nitrogens is 3. The Labute approximate surface area is 130 Å². The Kier molecular flexibility index (Phi) is 3.68. The number of fused-ring (bicyclic) bond motifs is 1. The molecule has 1 amide bonds. The van der Waals surface area contributed by atoms with Gasteiger partial charge in [0.2, 0.25) is 0 Å². The Balaban J connectivity index is 1.98. The number of amides is 1. The molecule has 0 aliphatic heterocycles. The highest BCUT2D eigenvalue weighted by atomic mass is 32.1. The molecule has 0 radical (unpaired) electrons. The molecule has 2 heterocycles. The Bertz CT molecular complexity index is 799. The van der Waals surface area contributed by atoms with Gasteiger partial charge < -0.3 is 14.0 Å². The summed E-state index contributed by atoms with van der Waals surface area (Å²) in [4.78, 5) is 20.6. The van der Waals surface area contributed by atoms with Crippen LogP contribution in [-0.2, 0) is 7.05 Å². The summed E-state index contributed by atoms with van der Waals surface area (Å²) in [5.74, 6) is 1.32. The summed E-state index contributed by atoms with van der Waals surface area (Å²) in [6.07, 6.45) is 3.28. The number of imidazole rings is 1. The maximum absolute atomic E-state index is 12.2. The Hall–Kier alpha value is -2.61. The van der Waals surface area contributed by atoms with Crippen molar-refractivity contribution in [2.24, 2.45) is 7.05 Å². The van der Waals surface area contributed by atoms with E-state index in [2.05, 4.69) is 15.3 Å². The van der Waals surface area contributed by atoms with Crippen molar-refractivity contribution < 1.29 is 14.3 Å². The van der Waals surface area contributed by atoms with Crippen molar-refractivity contribution in [3.63, 3.8) is 0 Å². The average Bonchev–Trinajstić information content (AvgIpc) is 3.12. The highest BCUT2D eigenvalue weighted by Gasteiger charge is 2.17. The van der Waals surface area contributed by atoms with Crippen LogP contribution >= 0.6 is 11.3 Å². The first-order chi connectivity index (χ1) is 10.6. The first-order valence-corrected chi connectivity index (χ1v) is 7.26. The van der Waals surface area contributed by atoms with Gasteiger partial charge in [-0.3, -0.25) is 10.1 Å². The molecular weight excluding hydrogens is 304 g/mol. The van der Waals surface area contributed by atoms with Gasteiger partial charge in [-0.25, -0.2) is 9.97 Å².